The van der Waals surface area contributed by atoms with E-state index in [1.54, 1.807) is 0 Å². The average Bonchev–Trinajstić information content (AvgIpc) is 2.93. The summed E-state index contributed by atoms with van der Waals surface area (Å²) >= 11 is 0. The minimum atomic E-state index is 0. The molecular weight excluding hydrogens is 537 g/mol. The lowest BCUT2D eigenvalue weighted by Crippen LogP contribution is -3.00. The van der Waals surface area contributed by atoms with Crippen LogP contribution in [0.5, 0.6) is 0 Å². The van der Waals surface area contributed by atoms with Crippen molar-refractivity contribution in [3.05, 3.63) is 162 Å². The van der Waals surface area contributed by atoms with Crippen molar-refractivity contribution in [2.45, 2.75) is 13.5 Å². The Balaban J connectivity index is 0.00000289. The van der Waals surface area contributed by atoms with E-state index in [9.17, 15) is 0 Å². The van der Waals surface area contributed by atoms with Crippen LogP contribution in [0.1, 0.15) is 29.2 Å². The van der Waals surface area contributed by atoms with Gasteiger partial charge in [0.15, 0.2) is 12.4 Å². The quantitative estimate of drug-likeness (QED) is 0.160. The topological polar surface area (TPSA) is 3.88 Å². The molecule has 0 radical (unpaired) electrons. The van der Waals surface area contributed by atoms with E-state index in [2.05, 4.69) is 151 Å². The zero-order valence-corrected chi connectivity index (χ0v) is 22.0. The summed E-state index contributed by atoms with van der Waals surface area (Å²) in [5.41, 5.74) is 9.77. The average molecular weight is 565 g/mol. The van der Waals surface area contributed by atoms with Crippen molar-refractivity contribution < 1.29 is 28.5 Å². The summed E-state index contributed by atoms with van der Waals surface area (Å²) in [4.78, 5) is 0. The van der Waals surface area contributed by atoms with Crippen LogP contribution < -0.4 is 28.5 Å². The van der Waals surface area contributed by atoms with E-state index in [-0.39, 0.29) is 24.0 Å². The van der Waals surface area contributed by atoms with Crippen molar-refractivity contribution >= 4 is 11.1 Å². The molecule has 5 rings (SSSR count). The van der Waals surface area contributed by atoms with Crippen molar-refractivity contribution in [1.29, 1.82) is 0 Å². The standard InChI is InChI=1S/C33H28N.HI/c1-2-34-24-22-27(23-25-34)26-18-20-31(21-19-26)33(30-16-10-5-11-17-30)32(28-12-6-3-7-13-28)29-14-8-4-9-15-29;/h3-25H,2H2,1H3;1H/q+1;/p-1. The van der Waals surface area contributed by atoms with Gasteiger partial charge in [0.1, 0.15) is 6.54 Å². The van der Waals surface area contributed by atoms with Gasteiger partial charge < -0.3 is 24.0 Å². The number of nitrogens with zero attached hydrogens (tertiary/aromatic N) is 1. The van der Waals surface area contributed by atoms with Crippen molar-refractivity contribution in [2.75, 3.05) is 0 Å². The van der Waals surface area contributed by atoms with Crippen LogP contribution in [0.4, 0.5) is 0 Å². The zero-order chi connectivity index (χ0) is 23.2. The number of benzene rings is 4. The van der Waals surface area contributed by atoms with Crippen molar-refractivity contribution in [1.82, 2.24) is 0 Å². The van der Waals surface area contributed by atoms with Gasteiger partial charge in [-0.2, -0.15) is 0 Å². The highest BCUT2D eigenvalue weighted by Gasteiger charge is 2.16. The Hall–Kier alpha value is -3.50. The van der Waals surface area contributed by atoms with Gasteiger partial charge in [-0.3, -0.25) is 0 Å². The van der Waals surface area contributed by atoms with Crippen LogP contribution in [0, 0.1) is 0 Å². The van der Waals surface area contributed by atoms with E-state index in [0.717, 1.165) is 6.54 Å². The number of hydrogen-bond donors (Lipinski definition) is 0. The molecule has 4 aromatic carbocycles. The zero-order valence-electron chi connectivity index (χ0n) is 19.8. The van der Waals surface area contributed by atoms with Crippen LogP contribution in [0.3, 0.4) is 0 Å². The molecule has 0 saturated carbocycles. The lowest BCUT2D eigenvalue weighted by Gasteiger charge is -2.18. The second-order valence-electron chi connectivity index (χ2n) is 8.34. The Morgan fingerprint density at radius 3 is 1.17 bits per heavy atom. The molecule has 0 aliphatic rings. The monoisotopic (exact) mass is 565 g/mol. The molecule has 1 nitrogen and oxygen atoms in total. The van der Waals surface area contributed by atoms with Gasteiger partial charge in [-0.15, -0.1) is 0 Å². The molecule has 172 valence electrons. The van der Waals surface area contributed by atoms with E-state index in [0.29, 0.717) is 0 Å². The van der Waals surface area contributed by atoms with E-state index in [1.165, 1.54) is 44.5 Å². The highest BCUT2D eigenvalue weighted by Crippen LogP contribution is 2.37. The predicted octanol–water partition coefficient (Wildman–Crippen LogP) is 4.67. The maximum Gasteiger partial charge on any atom is 0.169 e. The van der Waals surface area contributed by atoms with Crippen LogP contribution in [-0.4, -0.2) is 0 Å². The van der Waals surface area contributed by atoms with Crippen molar-refractivity contribution in [3.8, 4) is 11.1 Å². The molecule has 0 amide bonds. The van der Waals surface area contributed by atoms with Crippen LogP contribution in [0.25, 0.3) is 22.3 Å². The maximum atomic E-state index is 2.25. The predicted molar refractivity (Wildman–Crippen MR) is 142 cm³/mol. The molecule has 0 fully saturated rings. The number of halogens is 1. The first-order valence-corrected chi connectivity index (χ1v) is 11.8. The molecular formula is C33H28IN. The highest BCUT2D eigenvalue weighted by atomic mass is 127. The fourth-order valence-corrected chi connectivity index (χ4v) is 4.42. The Morgan fingerprint density at radius 1 is 0.457 bits per heavy atom. The van der Waals surface area contributed by atoms with E-state index in [4.69, 9.17) is 0 Å². The Labute approximate surface area is 225 Å². The second-order valence-corrected chi connectivity index (χ2v) is 8.34. The molecule has 0 saturated heterocycles. The Bertz CT molecular complexity index is 1330. The smallest absolute Gasteiger partial charge is 0.169 e. The summed E-state index contributed by atoms with van der Waals surface area (Å²) in [6.07, 6.45) is 4.28. The molecule has 0 N–H and O–H groups in total. The first kappa shape index (κ1) is 24.6. The number of hydrogen-bond acceptors (Lipinski definition) is 0. The van der Waals surface area contributed by atoms with Crippen molar-refractivity contribution in [2.24, 2.45) is 0 Å². The van der Waals surface area contributed by atoms with Crippen LogP contribution >= 0.6 is 0 Å². The Morgan fingerprint density at radius 2 is 0.800 bits per heavy atom. The molecule has 0 bridgehead atoms. The largest absolute Gasteiger partial charge is 1.00 e. The van der Waals surface area contributed by atoms with Gasteiger partial charge in [-0.1, -0.05) is 115 Å². The van der Waals surface area contributed by atoms with Crippen molar-refractivity contribution in [3.63, 3.8) is 0 Å². The third kappa shape index (κ3) is 5.60. The summed E-state index contributed by atoms with van der Waals surface area (Å²) in [7, 11) is 0. The number of pyridine rings is 1. The van der Waals surface area contributed by atoms with E-state index < -0.39 is 0 Å². The molecule has 0 aliphatic heterocycles. The third-order valence-corrected chi connectivity index (χ3v) is 6.20. The Kier molecular flexibility index (Phi) is 8.27. The molecule has 5 aromatic rings. The second kappa shape index (κ2) is 11.8. The van der Waals surface area contributed by atoms with Crippen LogP contribution in [-0.2, 0) is 6.54 Å². The number of aromatic nitrogens is 1. The summed E-state index contributed by atoms with van der Waals surface area (Å²) in [6, 6.07) is 45.5. The first-order chi connectivity index (χ1) is 16.8. The fourth-order valence-electron chi connectivity index (χ4n) is 4.42. The van der Waals surface area contributed by atoms with E-state index >= 15 is 0 Å². The molecule has 1 heterocycles. The molecule has 2 heteroatoms. The molecule has 35 heavy (non-hydrogen) atoms. The van der Waals surface area contributed by atoms with Gasteiger partial charge >= 0.3 is 0 Å². The van der Waals surface area contributed by atoms with Gasteiger partial charge in [-0.25, -0.2) is 4.57 Å². The number of rotatable bonds is 6. The lowest BCUT2D eigenvalue weighted by molar-refractivity contribution is -0.693. The van der Waals surface area contributed by atoms with Gasteiger partial charge in [0.2, 0.25) is 0 Å². The van der Waals surface area contributed by atoms with Gasteiger partial charge in [0, 0.05) is 12.1 Å². The summed E-state index contributed by atoms with van der Waals surface area (Å²) in [5.74, 6) is 0. The lowest BCUT2D eigenvalue weighted by atomic mass is 9.85. The summed E-state index contributed by atoms with van der Waals surface area (Å²) in [5, 5.41) is 0. The molecule has 0 atom stereocenters. The SMILES string of the molecule is CC[n+]1ccc(-c2ccc(C(=C(c3ccccc3)c3ccccc3)c3ccccc3)cc2)cc1.[I-]. The minimum Gasteiger partial charge on any atom is -1.00 e. The number of aryl methyl sites for hydroxylation is 1. The fraction of sp³-hybridized carbons (Fsp3) is 0.0606. The molecule has 0 aliphatic carbocycles. The summed E-state index contributed by atoms with van der Waals surface area (Å²) in [6.45, 7) is 3.13. The molecule has 1 aromatic heterocycles. The van der Waals surface area contributed by atoms with Gasteiger partial charge in [0.05, 0.1) is 0 Å². The van der Waals surface area contributed by atoms with Gasteiger partial charge in [-0.05, 0) is 51.5 Å². The third-order valence-electron chi connectivity index (χ3n) is 6.20. The van der Waals surface area contributed by atoms with Crippen LogP contribution in [0.2, 0.25) is 0 Å². The first-order valence-electron chi connectivity index (χ1n) is 11.8. The normalized spacial score (nSPS) is 10.3. The van der Waals surface area contributed by atoms with Crippen LogP contribution in [0.15, 0.2) is 140 Å². The highest BCUT2D eigenvalue weighted by molar-refractivity contribution is 6.04. The minimum absolute atomic E-state index is 0. The summed E-state index contributed by atoms with van der Waals surface area (Å²) < 4.78 is 2.18. The maximum absolute atomic E-state index is 2.25. The van der Waals surface area contributed by atoms with E-state index in [1.807, 2.05) is 0 Å². The van der Waals surface area contributed by atoms with Gasteiger partial charge in [0.25, 0.3) is 0 Å². The molecule has 0 unspecified atom stereocenters. The molecule has 0 spiro atoms.